The van der Waals surface area contributed by atoms with Crippen molar-refractivity contribution in [1.82, 2.24) is 5.32 Å². The first-order valence-corrected chi connectivity index (χ1v) is 7.37. The summed E-state index contributed by atoms with van der Waals surface area (Å²) in [7, 11) is 3.36. The van der Waals surface area contributed by atoms with Gasteiger partial charge >= 0.3 is 0 Å². The van der Waals surface area contributed by atoms with Gasteiger partial charge in [-0.3, -0.25) is 0 Å². The maximum absolute atomic E-state index is 5.95. The Hall–Kier alpha value is -1.26. The highest BCUT2D eigenvalue weighted by Gasteiger charge is 2.27. The van der Waals surface area contributed by atoms with Gasteiger partial charge in [0.1, 0.15) is 11.5 Å². The van der Waals surface area contributed by atoms with Crippen LogP contribution in [-0.4, -0.2) is 33.5 Å². The van der Waals surface area contributed by atoms with Gasteiger partial charge in [-0.1, -0.05) is 6.92 Å². The molecule has 2 atom stereocenters. The van der Waals surface area contributed by atoms with E-state index in [1.54, 1.807) is 14.2 Å². The summed E-state index contributed by atoms with van der Waals surface area (Å²) in [6.45, 7) is 3.87. The minimum absolute atomic E-state index is 0.168. The highest BCUT2D eigenvalue weighted by Crippen LogP contribution is 2.34. The van der Waals surface area contributed by atoms with E-state index in [2.05, 4.69) is 18.3 Å². The third kappa shape index (κ3) is 3.44. The Morgan fingerprint density at radius 3 is 2.75 bits per heavy atom. The van der Waals surface area contributed by atoms with Crippen molar-refractivity contribution >= 4 is 0 Å². The number of benzene rings is 1. The maximum atomic E-state index is 5.95. The van der Waals surface area contributed by atoms with Gasteiger partial charge < -0.3 is 19.5 Å². The lowest BCUT2D eigenvalue weighted by molar-refractivity contribution is -0.00831. The van der Waals surface area contributed by atoms with Crippen LogP contribution in [0.15, 0.2) is 18.2 Å². The molecule has 112 valence electrons. The Morgan fingerprint density at radius 1 is 1.30 bits per heavy atom. The largest absolute Gasteiger partial charge is 0.497 e. The highest BCUT2D eigenvalue weighted by molar-refractivity contribution is 5.43. The van der Waals surface area contributed by atoms with Gasteiger partial charge in [0.25, 0.3) is 0 Å². The third-order valence-electron chi connectivity index (χ3n) is 3.79. The van der Waals surface area contributed by atoms with Gasteiger partial charge in [-0.2, -0.15) is 0 Å². The Morgan fingerprint density at radius 2 is 2.15 bits per heavy atom. The van der Waals surface area contributed by atoms with Gasteiger partial charge in [-0.15, -0.1) is 0 Å². The molecule has 0 radical (unpaired) electrons. The third-order valence-corrected chi connectivity index (χ3v) is 3.79. The fourth-order valence-corrected chi connectivity index (χ4v) is 2.77. The van der Waals surface area contributed by atoms with Crippen molar-refractivity contribution in [3.8, 4) is 11.5 Å². The van der Waals surface area contributed by atoms with Crippen molar-refractivity contribution in [3.05, 3.63) is 23.8 Å². The predicted molar refractivity (Wildman–Crippen MR) is 79.6 cm³/mol. The van der Waals surface area contributed by atoms with Crippen molar-refractivity contribution in [3.63, 3.8) is 0 Å². The number of methoxy groups -OCH3 is 2. The Kier molecular flexibility index (Phi) is 5.68. The zero-order valence-corrected chi connectivity index (χ0v) is 12.6. The van der Waals surface area contributed by atoms with Crippen LogP contribution in [0.25, 0.3) is 0 Å². The summed E-state index contributed by atoms with van der Waals surface area (Å²) >= 11 is 0. The Labute approximate surface area is 121 Å². The second-order valence-electron chi connectivity index (χ2n) is 5.05. The molecule has 2 rings (SSSR count). The molecule has 20 heavy (non-hydrogen) atoms. The summed E-state index contributed by atoms with van der Waals surface area (Å²) in [6, 6.07) is 6.15. The second kappa shape index (κ2) is 7.50. The summed E-state index contributed by atoms with van der Waals surface area (Å²) in [5, 5.41) is 3.53. The molecular formula is C16H25NO3. The number of nitrogens with one attached hydrogen (secondary N) is 1. The van der Waals surface area contributed by atoms with Crippen LogP contribution in [0.2, 0.25) is 0 Å². The zero-order valence-electron chi connectivity index (χ0n) is 12.6. The number of rotatable bonds is 6. The normalized spacial score (nSPS) is 20.4. The summed E-state index contributed by atoms with van der Waals surface area (Å²) in [6.07, 6.45) is 3.69. The number of ether oxygens (including phenoxy) is 3. The molecule has 1 aromatic carbocycles. The lowest BCUT2D eigenvalue weighted by atomic mass is 9.94. The topological polar surface area (TPSA) is 39.7 Å². The van der Waals surface area contributed by atoms with Crippen LogP contribution in [0.1, 0.15) is 37.8 Å². The van der Waals surface area contributed by atoms with E-state index in [1.165, 1.54) is 6.42 Å². The van der Waals surface area contributed by atoms with E-state index in [-0.39, 0.29) is 12.1 Å². The van der Waals surface area contributed by atoms with Crippen LogP contribution in [-0.2, 0) is 4.74 Å². The van der Waals surface area contributed by atoms with E-state index in [9.17, 15) is 0 Å². The highest BCUT2D eigenvalue weighted by atomic mass is 16.5. The first kappa shape index (κ1) is 15.1. The van der Waals surface area contributed by atoms with Gasteiger partial charge in [-0.05, 0) is 37.9 Å². The lowest BCUT2D eigenvalue weighted by Gasteiger charge is -2.32. The maximum Gasteiger partial charge on any atom is 0.127 e. The minimum atomic E-state index is 0.168. The summed E-state index contributed by atoms with van der Waals surface area (Å²) in [5.41, 5.74) is 1.14. The molecule has 1 aromatic rings. The van der Waals surface area contributed by atoms with Crippen LogP contribution < -0.4 is 14.8 Å². The Balaban J connectivity index is 2.27. The average Bonchev–Trinajstić information content (AvgIpc) is 2.53. The number of hydrogen-bond donors (Lipinski definition) is 1. The lowest BCUT2D eigenvalue weighted by Crippen LogP contribution is -2.36. The molecule has 1 fully saturated rings. The molecule has 1 N–H and O–H groups in total. The molecule has 0 aliphatic carbocycles. The standard InChI is InChI=1S/C16H25NO3/c1-4-17-16(14-7-5-6-10-20-14)13-9-8-12(18-2)11-15(13)19-3/h8-9,11,14,16-17H,4-7,10H2,1-3H3. The quantitative estimate of drug-likeness (QED) is 0.869. The van der Waals surface area contributed by atoms with Crippen molar-refractivity contribution < 1.29 is 14.2 Å². The molecule has 0 bridgehead atoms. The molecule has 1 aliphatic heterocycles. The summed E-state index contributed by atoms with van der Waals surface area (Å²) < 4.78 is 16.7. The van der Waals surface area contributed by atoms with Gasteiger partial charge in [0.15, 0.2) is 0 Å². The predicted octanol–water partition coefficient (Wildman–Crippen LogP) is 2.92. The van der Waals surface area contributed by atoms with Crippen LogP contribution in [0.5, 0.6) is 11.5 Å². The molecule has 4 nitrogen and oxygen atoms in total. The number of likely N-dealkylation sites (N-methyl/N-ethyl adjacent to an activating group) is 1. The van der Waals surface area contributed by atoms with E-state index in [0.717, 1.165) is 43.1 Å². The van der Waals surface area contributed by atoms with Crippen LogP contribution in [0.4, 0.5) is 0 Å². The van der Waals surface area contributed by atoms with Gasteiger partial charge in [0.05, 0.1) is 26.4 Å². The molecule has 0 amide bonds. The average molecular weight is 279 g/mol. The van der Waals surface area contributed by atoms with Crippen molar-refractivity contribution in [1.29, 1.82) is 0 Å². The van der Waals surface area contributed by atoms with Crippen LogP contribution in [0.3, 0.4) is 0 Å². The molecule has 0 saturated carbocycles. The smallest absolute Gasteiger partial charge is 0.127 e. The molecule has 0 aromatic heterocycles. The summed E-state index contributed by atoms with van der Waals surface area (Å²) in [4.78, 5) is 0. The first-order chi connectivity index (χ1) is 9.80. The van der Waals surface area contributed by atoms with E-state index in [1.807, 2.05) is 12.1 Å². The molecule has 1 saturated heterocycles. The molecule has 1 heterocycles. The first-order valence-electron chi connectivity index (χ1n) is 7.37. The Bertz CT molecular complexity index is 416. The minimum Gasteiger partial charge on any atom is -0.497 e. The zero-order chi connectivity index (χ0) is 14.4. The van der Waals surface area contributed by atoms with E-state index < -0.39 is 0 Å². The van der Waals surface area contributed by atoms with E-state index in [4.69, 9.17) is 14.2 Å². The number of hydrogen-bond acceptors (Lipinski definition) is 4. The molecule has 2 unspecified atom stereocenters. The summed E-state index contributed by atoms with van der Waals surface area (Å²) in [5.74, 6) is 1.66. The van der Waals surface area contributed by atoms with Crippen LogP contribution in [0, 0.1) is 0 Å². The molecular weight excluding hydrogens is 254 g/mol. The van der Waals surface area contributed by atoms with Crippen LogP contribution >= 0.6 is 0 Å². The van der Waals surface area contributed by atoms with Gasteiger partial charge in [0, 0.05) is 18.2 Å². The van der Waals surface area contributed by atoms with Gasteiger partial charge in [-0.25, -0.2) is 0 Å². The molecule has 1 aliphatic rings. The van der Waals surface area contributed by atoms with E-state index in [0.29, 0.717) is 0 Å². The second-order valence-corrected chi connectivity index (χ2v) is 5.05. The monoisotopic (exact) mass is 279 g/mol. The van der Waals surface area contributed by atoms with Crippen molar-refractivity contribution in [2.75, 3.05) is 27.4 Å². The van der Waals surface area contributed by atoms with Gasteiger partial charge in [0.2, 0.25) is 0 Å². The fraction of sp³-hybridized carbons (Fsp3) is 0.625. The van der Waals surface area contributed by atoms with E-state index >= 15 is 0 Å². The SMILES string of the molecule is CCNC(c1ccc(OC)cc1OC)C1CCCCO1. The van der Waals surface area contributed by atoms with Crippen molar-refractivity contribution in [2.24, 2.45) is 0 Å². The van der Waals surface area contributed by atoms with Crippen molar-refractivity contribution in [2.45, 2.75) is 38.3 Å². The fourth-order valence-electron chi connectivity index (χ4n) is 2.77. The molecule has 0 spiro atoms. The molecule has 4 heteroatoms.